The molecule has 0 aromatic rings. The van der Waals surface area contributed by atoms with Crippen molar-refractivity contribution in [3.63, 3.8) is 0 Å². The third-order valence-corrected chi connectivity index (χ3v) is 2.86. The van der Waals surface area contributed by atoms with Crippen molar-refractivity contribution in [1.29, 1.82) is 0 Å². The van der Waals surface area contributed by atoms with Gasteiger partial charge in [0.15, 0.2) is 0 Å². The van der Waals surface area contributed by atoms with Gasteiger partial charge >= 0.3 is 0 Å². The van der Waals surface area contributed by atoms with Crippen molar-refractivity contribution in [1.82, 2.24) is 10.6 Å². The van der Waals surface area contributed by atoms with Gasteiger partial charge in [-0.05, 0) is 19.3 Å². The van der Waals surface area contributed by atoms with Crippen LogP contribution in [0.15, 0.2) is 0 Å². The fourth-order valence-corrected chi connectivity index (χ4v) is 1.36. The lowest BCUT2D eigenvalue weighted by molar-refractivity contribution is -0.141. The predicted molar refractivity (Wildman–Crippen MR) is 70.0 cm³/mol. The van der Waals surface area contributed by atoms with E-state index in [1.165, 1.54) is 0 Å². The van der Waals surface area contributed by atoms with Crippen LogP contribution in [0.25, 0.3) is 0 Å². The van der Waals surface area contributed by atoms with Crippen LogP contribution in [0.4, 0.5) is 0 Å². The minimum absolute atomic E-state index is 0.232. The highest BCUT2D eigenvalue weighted by molar-refractivity contribution is 6.37. The Morgan fingerprint density at radius 3 is 2.11 bits per heavy atom. The Morgan fingerprint density at radius 2 is 1.67 bits per heavy atom. The smallest absolute Gasteiger partial charge is 0.288 e. The summed E-state index contributed by atoms with van der Waals surface area (Å²) in [6.45, 7) is 7.88. The number of hydrogen-bond donors (Lipinski definition) is 2. The molecule has 0 aromatic heterocycles. The average molecular weight is 256 g/mol. The Morgan fingerprint density at radius 1 is 1.06 bits per heavy atom. The second kappa shape index (κ2) is 8.66. The largest absolute Gasteiger partial charge is 0.354 e. The number of carbonyl (C=O) groups is 3. The molecule has 0 aliphatic heterocycles. The predicted octanol–water partition coefficient (Wildman–Crippen LogP) is 1.02. The van der Waals surface area contributed by atoms with E-state index in [0.29, 0.717) is 19.4 Å². The second-order valence-corrected chi connectivity index (χ2v) is 4.40. The van der Waals surface area contributed by atoms with Gasteiger partial charge in [0, 0.05) is 12.5 Å². The topological polar surface area (TPSA) is 75.3 Å². The van der Waals surface area contributed by atoms with E-state index >= 15 is 0 Å². The fourth-order valence-electron chi connectivity index (χ4n) is 1.36. The molecule has 2 amide bonds. The summed E-state index contributed by atoms with van der Waals surface area (Å²) in [5.74, 6) is -1.66. The molecule has 0 radical (unpaired) electrons. The highest BCUT2D eigenvalue weighted by Gasteiger charge is 2.24. The zero-order chi connectivity index (χ0) is 14.1. The van der Waals surface area contributed by atoms with Gasteiger partial charge in [-0.25, -0.2) is 0 Å². The Kier molecular flexibility index (Phi) is 8.00. The van der Waals surface area contributed by atoms with Crippen molar-refractivity contribution < 1.29 is 14.4 Å². The van der Waals surface area contributed by atoms with Crippen LogP contribution >= 0.6 is 0 Å². The average Bonchev–Trinajstić information content (AvgIpc) is 2.39. The molecule has 104 valence electrons. The van der Waals surface area contributed by atoms with Gasteiger partial charge in [0.05, 0.1) is 0 Å². The summed E-state index contributed by atoms with van der Waals surface area (Å²) in [7, 11) is 0. The maximum absolute atomic E-state index is 11.7. The molecule has 0 saturated carbocycles. The summed E-state index contributed by atoms with van der Waals surface area (Å²) < 4.78 is 0. The first-order chi connectivity index (χ1) is 8.47. The van der Waals surface area contributed by atoms with E-state index in [1.807, 2.05) is 13.8 Å². The first-order valence-electron chi connectivity index (χ1n) is 6.60. The summed E-state index contributed by atoms with van der Waals surface area (Å²) in [6.07, 6.45) is 1.92. The second-order valence-electron chi connectivity index (χ2n) is 4.40. The summed E-state index contributed by atoms with van der Waals surface area (Å²) >= 11 is 0. The van der Waals surface area contributed by atoms with Crippen LogP contribution in [0.3, 0.4) is 0 Å². The van der Waals surface area contributed by atoms with Gasteiger partial charge in [0.2, 0.25) is 11.7 Å². The third kappa shape index (κ3) is 5.29. The number of ketones is 1. The zero-order valence-corrected chi connectivity index (χ0v) is 11.7. The fraction of sp³-hybridized carbons (Fsp3) is 0.769. The van der Waals surface area contributed by atoms with E-state index in [2.05, 4.69) is 10.6 Å². The molecule has 1 unspecified atom stereocenters. The summed E-state index contributed by atoms with van der Waals surface area (Å²) in [4.78, 5) is 35.0. The lowest BCUT2D eigenvalue weighted by atomic mass is 10.0. The van der Waals surface area contributed by atoms with Gasteiger partial charge in [0.1, 0.15) is 6.04 Å². The summed E-state index contributed by atoms with van der Waals surface area (Å²) in [6, 6.07) is -0.628. The number of carbonyl (C=O) groups excluding carboxylic acids is 3. The highest BCUT2D eigenvalue weighted by atomic mass is 16.2. The maximum atomic E-state index is 11.7. The maximum Gasteiger partial charge on any atom is 0.288 e. The Hall–Kier alpha value is -1.39. The van der Waals surface area contributed by atoms with Crippen LogP contribution in [-0.4, -0.2) is 30.2 Å². The van der Waals surface area contributed by atoms with E-state index in [4.69, 9.17) is 0 Å². The molecule has 0 saturated heterocycles. The van der Waals surface area contributed by atoms with Crippen LogP contribution in [0.5, 0.6) is 0 Å². The van der Waals surface area contributed by atoms with Crippen molar-refractivity contribution in [2.45, 2.75) is 53.0 Å². The minimum atomic E-state index is -0.664. The molecule has 0 aliphatic carbocycles. The number of Topliss-reactive ketones (excluding diaryl/α,β-unsaturated/α-hetero) is 1. The molecule has 5 nitrogen and oxygen atoms in total. The lowest BCUT2D eigenvalue weighted by Crippen LogP contribution is -2.49. The molecule has 0 fully saturated rings. The van der Waals surface area contributed by atoms with Gasteiger partial charge in [0.25, 0.3) is 5.91 Å². The number of hydrogen-bond acceptors (Lipinski definition) is 3. The Bertz CT molecular complexity index is 303. The highest BCUT2D eigenvalue weighted by Crippen LogP contribution is 2.03. The molecule has 18 heavy (non-hydrogen) atoms. The SMILES string of the molecule is CCCNC(=O)[C@@H](CC)NC(=O)C(=O)C(C)CC. The van der Waals surface area contributed by atoms with Crippen LogP contribution in [0.2, 0.25) is 0 Å². The molecule has 2 atom stereocenters. The van der Waals surface area contributed by atoms with Crippen LogP contribution in [0.1, 0.15) is 47.0 Å². The first kappa shape index (κ1) is 16.6. The molecule has 0 heterocycles. The molecular weight excluding hydrogens is 232 g/mol. The Labute approximate surface area is 109 Å². The number of rotatable bonds is 8. The van der Waals surface area contributed by atoms with Crippen molar-refractivity contribution in [3.8, 4) is 0 Å². The molecule has 0 aliphatic rings. The standard InChI is InChI=1S/C13H24N2O3/c1-5-8-14-12(17)10(7-3)15-13(18)11(16)9(4)6-2/h9-10H,5-8H2,1-4H3,(H,14,17)(H,15,18)/t9?,10-/m1/s1. The zero-order valence-electron chi connectivity index (χ0n) is 11.7. The van der Waals surface area contributed by atoms with Crippen LogP contribution in [-0.2, 0) is 14.4 Å². The molecule has 0 spiro atoms. The van der Waals surface area contributed by atoms with Crippen LogP contribution < -0.4 is 10.6 Å². The summed E-state index contributed by atoms with van der Waals surface area (Å²) in [5.41, 5.74) is 0. The van der Waals surface area contributed by atoms with Gasteiger partial charge < -0.3 is 10.6 Å². The van der Waals surface area contributed by atoms with E-state index in [9.17, 15) is 14.4 Å². The lowest BCUT2D eigenvalue weighted by Gasteiger charge is -2.17. The van der Waals surface area contributed by atoms with Crippen molar-refractivity contribution in [3.05, 3.63) is 0 Å². The van der Waals surface area contributed by atoms with E-state index in [1.54, 1.807) is 13.8 Å². The van der Waals surface area contributed by atoms with Gasteiger partial charge in [-0.3, -0.25) is 14.4 Å². The molecule has 2 N–H and O–H groups in total. The van der Waals surface area contributed by atoms with E-state index < -0.39 is 17.7 Å². The molecule has 0 aromatic carbocycles. The number of nitrogens with one attached hydrogen (secondary N) is 2. The molecule has 5 heteroatoms. The quantitative estimate of drug-likeness (QED) is 0.637. The monoisotopic (exact) mass is 256 g/mol. The minimum Gasteiger partial charge on any atom is -0.354 e. The number of amides is 2. The Balaban J connectivity index is 4.40. The van der Waals surface area contributed by atoms with Crippen molar-refractivity contribution >= 4 is 17.6 Å². The third-order valence-electron chi connectivity index (χ3n) is 2.86. The molecule has 0 bridgehead atoms. The molecule has 0 rings (SSSR count). The molecular formula is C13H24N2O3. The van der Waals surface area contributed by atoms with Crippen molar-refractivity contribution in [2.24, 2.45) is 5.92 Å². The van der Waals surface area contributed by atoms with Gasteiger partial charge in [-0.2, -0.15) is 0 Å². The van der Waals surface area contributed by atoms with Crippen LogP contribution in [0, 0.1) is 5.92 Å². The van der Waals surface area contributed by atoms with Gasteiger partial charge in [-0.15, -0.1) is 0 Å². The van der Waals surface area contributed by atoms with E-state index in [-0.39, 0.29) is 11.8 Å². The van der Waals surface area contributed by atoms with Gasteiger partial charge in [-0.1, -0.05) is 27.7 Å². The normalized spacial score (nSPS) is 13.6. The van der Waals surface area contributed by atoms with Crippen molar-refractivity contribution in [2.75, 3.05) is 6.54 Å². The summed E-state index contributed by atoms with van der Waals surface area (Å²) in [5, 5.41) is 5.20. The van der Waals surface area contributed by atoms with E-state index in [0.717, 1.165) is 6.42 Å². The first-order valence-corrected chi connectivity index (χ1v) is 6.60.